The van der Waals surface area contributed by atoms with E-state index in [1.54, 1.807) is 0 Å². The molecule has 0 fully saturated rings. The topological polar surface area (TPSA) is 20.2 Å². The third kappa shape index (κ3) is 7.42. The first-order valence-electron chi connectivity index (χ1n) is 11.1. The molecule has 155 valence electrons. The van der Waals surface area contributed by atoms with Gasteiger partial charge in [-0.3, -0.25) is 0 Å². The van der Waals surface area contributed by atoms with Gasteiger partial charge in [0.1, 0.15) is 0 Å². The number of rotatable bonds is 11. The van der Waals surface area contributed by atoms with Crippen LogP contribution in [0.5, 0.6) is 0 Å². The summed E-state index contributed by atoms with van der Waals surface area (Å²) in [5.41, 5.74) is 3.94. The van der Waals surface area contributed by atoms with Gasteiger partial charge >= 0.3 is 0 Å². The minimum absolute atomic E-state index is 0. The van der Waals surface area contributed by atoms with Crippen molar-refractivity contribution in [3.8, 4) is 0 Å². The van der Waals surface area contributed by atoms with Crippen LogP contribution in [0.2, 0.25) is 0 Å². The largest absolute Gasteiger partial charge is 0.388 e. The molecule has 2 aromatic rings. The molecule has 1 N–H and O–H groups in total. The molecule has 0 bridgehead atoms. The molecule has 29 heavy (non-hydrogen) atoms. The SMILES string of the molecule is [CH2-]Cc1ccc(CCC[C@H]2CCC=C2c2ccc(C(O)CCCCC)cc2)s1.[Y]. The van der Waals surface area contributed by atoms with Crippen LogP contribution in [0.25, 0.3) is 5.57 Å². The van der Waals surface area contributed by atoms with Crippen LogP contribution in [0.15, 0.2) is 42.5 Å². The fourth-order valence-electron chi connectivity index (χ4n) is 4.28. The predicted molar refractivity (Wildman–Crippen MR) is 123 cm³/mol. The third-order valence-corrected chi connectivity index (χ3v) is 7.17. The molecule has 1 nitrogen and oxygen atoms in total. The summed E-state index contributed by atoms with van der Waals surface area (Å²) >= 11 is 1.92. The molecule has 0 aliphatic heterocycles. The van der Waals surface area contributed by atoms with Crippen molar-refractivity contribution < 1.29 is 37.8 Å². The van der Waals surface area contributed by atoms with Crippen molar-refractivity contribution in [1.82, 2.24) is 0 Å². The Bertz CT molecular complexity index is 746. The van der Waals surface area contributed by atoms with E-state index < -0.39 is 0 Å². The van der Waals surface area contributed by atoms with E-state index in [1.807, 2.05) is 11.3 Å². The van der Waals surface area contributed by atoms with E-state index in [2.05, 4.69) is 56.3 Å². The average Bonchev–Trinajstić information content (AvgIpc) is 3.38. The fourth-order valence-corrected chi connectivity index (χ4v) is 5.24. The molecule has 0 saturated heterocycles. The van der Waals surface area contributed by atoms with Crippen molar-refractivity contribution >= 4 is 16.9 Å². The minimum atomic E-state index is -0.317. The Kier molecular flexibility index (Phi) is 11.4. The predicted octanol–water partition coefficient (Wildman–Crippen LogP) is 7.55. The van der Waals surface area contributed by atoms with Gasteiger partial charge in [0.2, 0.25) is 0 Å². The standard InChI is InChI=1S/C26H35OS.Y/c1-3-5-6-13-26(27)22-16-14-21(15-17-22)25-12-8-10-20(25)9-7-11-24-19-18-23(4-2)28-24;/h12,14-20,26-27H,2-11,13H2,1H3;/q-1;/t20-,26?;/m0./s1. The van der Waals surface area contributed by atoms with E-state index in [0.29, 0.717) is 5.92 Å². The van der Waals surface area contributed by atoms with E-state index in [9.17, 15) is 5.11 Å². The molecular weight excluding hydrogens is 449 g/mol. The van der Waals surface area contributed by atoms with Crippen LogP contribution in [0, 0.1) is 12.8 Å². The van der Waals surface area contributed by atoms with Crippen LogP contribution in [-0.2, 0) is 45.6 Å². The maximum absolute atomic E-state index is 10.4. The first-order valence-corrected chi connectivity index (χ1v) is 11.9. The maximum Gasteiger partial charge on any atom is 0.0790 e. The molecule has 1 heterocycles. The first-order chi connectivity index (χ1) is 13.7. The molecule has 3 heteroatoms. The Hall–Kier alpha value is -0.276. The Morgan fingerprint density at radius 1 is 1.07 bits per heavy atom. The smallest absolute Gasteiger partial charge is 0.0790 e. The molecule has 2 atom stereocenters. The minimum Gasteiger partial charge on any atom is -0.388 e. The van der Waals surface area contributed by atoms with Gasteiger partial charge in [0, 0.05) is 37.6 Å². The first kappa shape index (κ1) is 25.0. The summed E-state index contributed by atoms with van der Waals surface area (Å²) in [6, 6.07) is 13.2. The molecule has 0 saturated carbocycles. The van der Waals surface area contributed by atoms with Gasteiger partial charge in [0.25, 0.3) is 0 Å². The molecular formula is C26H35OSY-. The third-order valence-electron chi connectivity index (χ3n) is 5.97. The Morgan fingerprint density at radius 2 is 1.83 bits per heavy atom. The normalized spacial score (nSPS) is 17.1. The molecule has 0 spiro atoms. The second kappa shape index (κ2) is 13.2. The maximum atomic E-state index is 10.4. The van der Waals surface area contributed by atoms with E-state index in [-0.39, 0.29) is 38.8 Å². The van der Waals surface area contributed by atoms with Crippen LogP contribution in [-0.4, -0.2) is 5.11 Å². The summed E-state index contributed by atoms with van der Waals surface area (Å²) in [5.74, 6) is 0.688. The zero-order valence-corrected chi connectivity index (χ0v) is 21.6. The van der Waals surface area contributed by atoms with Gasteiger partial charge < -0.3 is 12.0 Å². The number of benzene rings is 1. The number of aliphatic hydroxyl groups is 1. The van der Waals surface area contributed by atoms with Crippen molar-refractivity contribution in [3.63, 3.8) is 0 Å². The summed E-state index contributed by atoms with van der Waals surface area (Å²) in [4.78, 5) is 2.90. The summed E-state index contributed by atoms with van der Waals surface area (Å²) in [7, 11) is 0. The van der Waals surface area contributed by atoms with Crippen LogP contribution < -0.4 is 0 Å². The van der Waals surface area contributed by atoms with E-state index in [4.69, 9.17) is 0 Å². The molecule has 1 radical (unpaired) electrons. The van der Waals surface area contributed by atoms with Gasteiger partial charge in [0.15, 0.2) is 0 Å². The molecule has 0 amide bonds. The molecule has 1 aliphatic rings. The number of aryl methyl sites for hydroxylation is 1. The van der Waals surface area contributed by atoms with Crippen LogP contribution in [0.4, 0.5) is 0 Å². The van der Waals surface area contributed by atoms with Crippen LogP contribution >= 0.6 is 11.3 Å². The zero-order valence-electron chi connectivity index (χ0n) is 17.9. The number of hydrogen-bond acceptors (Lipinski definition) is 2. The molecule has 1 unspecified atom stereocenters. The van der Waals surface area contributed by atoms with Gasteiger partial charge in [-0.15, -0.1) is 17.8 Å². The number of unbranched alkanes of at least 4 members (excludes halogenated alkanes) is 2. The Labute approximate surface area is 206 Å². The van der Waals surface area contributed by atoms with Crippen LogP contribution in [0.3, 0.4) is 0 Å². The van der Waals surface area contributed by atoms with Gasteiger partial charge in [0.05, 0.1) is 6.10 Å². The van der Waals surface area contributed by atoms with Crippen molar-refractivity contribution in [2.75, 3.05) is 0 Å². The van der Waals surface area contributed by atoms with Gasteiger partial charge in [-0.05, 0) is 72.1 Å². The average molecular weight is 485 g/mol. The number of thiophene rings is 1. The second-order valence-electron chi connectivity index (χ2n) is 8.08. The van der Waals surface area contributed by atoms with Crippen molar-refractivity contribution in [1.29, 1.82) is 0 Å². The van der Waals surface area contributed by atoms with E-state index in [0.717, 1.165) is 24.8 Å². The summed E-state index contributed by atoms with van der Waals surface area (Å²) < 4.78 is 0. The molecule has 3 rings (SSSR count). The zero-order chi connectivity index (χ0) is 19.8. The Balaban J connectivity index is 0.00000300. The second-order valence-corrected chi connectivity index (χ2v) is 9.33. The van der Waals surface area contributed by atoms with Crippen LogP contribution in [0.1, 0.15) is 85.3 Å². The van der Waals surface area contributed by atoms with Gasteiger partial charge in [-0.2, -0.15) is 0 Å². The summed E-state index contributed by atoms with van der Waals surface area (Å²) in [6.45, 7) is 6.18. The molecule has 1 aliphatic carbocycles. The van der Waals surface area contributed by atoms with Crippen molar-refractivity contribution in [2.45, 2.75) is 77.2 Å². The van der Waals surface area contributed by atoms with E-state index in [1.165, 1.54) is 65.8 Å². The van der Waals surface area contributed by atoms with E-state index >= 15 is 0 Å². The molecule has 1 aromatic heterocycles. The quantitative estimate of drug-likeness (QED) is 0.258. The monoisotopic (exact) mass is 484 g/mol. The van der Waals surface area contributed by atoms with Gasteiger partial charge in [-0.25, -0.2) is 0 Å². The molecule has 1 aromatic carbocycles. The van der Waals surface area contributed by atoms with Crippen molar-refractivity contribution in [2.24, 2.45) is 5.92 Å². The summed E-state index contributed by atoms with van der Waals surface area (Å²) in [5, 5.41) is 10.4. The fraction of sp³-hybridized carbons (Fsp3) is 0.500. The Morgan fingerprint density at radius 3 is 2.52 bits per heavy atom. The number of aliphatic hydroxyl groups excluding tert-OH is 1. The summed E-state index contributed by atoms with van der Waals surface area (Å²) in [6.07, 6.45) is 13.6. The number of allylic oxidation sites excluding steroid dienone is 2. The number of hydrogen-bond donors (Lipinski definition) is 1. The van der Waals surface area contributed by atoms with Gasteiger partial charge in [-0.1, -0.05) is 62.6 Å². The van der Waals surface area contributed by atoms with Crippen molar-refractivity contribution in [3.05, 3.63) is 70.3 Å².